The number of amides is 2. The third-order valence-corrected chi connectivity index (χ3v) is 5.25. The Kier molecular flexibility index (Phi) is 6.15. The van der Waals surface area contributed by atoms with E-state index in [0.717, 1.165) is 12.1 Å². The number of fused-ring (bicyclic) bond motifs is 1. The van der Waals surface area contributed by atoms with Gasteiger partial charge < -0.3 is 5.32 Å². The average Bonchev–Trinajstić information content (AvgIpc) is 2.70. The second-order valence-electron chi connectivity index (χ2n) is 7.69. The van der Waals surface area contributed by atoms with Gasteiger partial charge in [0.25, 0.3) is 0 Å². The number of rotatable bonds is 6. The molecule has 1 aliphatic rings. The smallest absolute Gasteiger partial charge is 0.244 e. The van der Waals surface area contributed by atoms with Crippen LogP contribution >= 0.6 is 0 Å². The van der Waals surface area contributed by atoms with Gasteiger partial charge in [0.1, 0.15) is 6.54 Å². The van der Waals surface area contributed by atoms with E-state index in [0.29, 0.717) is 11.6 Å². The molecule has 0 bridgehead atoms. The highest BCUT2D eigenvalue weighted by atomic mass is 16.2. The maximum atomic E-state index is 13.2. The van der Waals surface area contributed by atoms with E-state index in [9.17, 15) is 9.59 Å². The lowest BCUT2D eigenvalue weighted by Crippen LogP contribution is -2.51. The third kappa shape index (κ3) is 4.25. The molecule has 0 aromatic heterocycles. The fourth-order valence-electron chi connectivity index (χ4n) is 3.64. The van der Waals surface area contributed by atoms with Crippen molar-refractivity contribution < 1.29 is 9.59 Å². The predicted octanol–water partition coefficient (Wildman–Crippen LogP) is 3.91. The minimum absolute atomic E-state index is 0.0411. The second kappa shape index (κ2) is 8.57. The van der Waals surface area contributed by atoms with Crippen LogP contribution in [-0.4, -0.2) is 24.4 Å². The summed E-state index contributed by atoms with van der Waals surface area (Å²) >= 11 is 0. The molecule has 2 N–H and O–H groups in total. The van der Waals surface area contributed by atoms with Crippen molar-refractivity contribution in [2.24, 2.45) is 5.92 Å². The molecule has 0 saturated heterocycles. The normalized spacial score (nSPS) is 15.8. The Balaban J connectivity index is 1.79. The summed E-state index contributed by atoms with van der Waals surface area (Å²) in [4.78, 5) is 26.8. The number of carbonyl (C=O) groups is 2. The maximum Gasteiger partial charge on any atom is 0.244 e. The van der Waals surface area contributed by atoms with Gasteiger partial charge in [-0.25, -0.2) is 0 Å². The van der Waals surface area contributed by atoms with E-state index in [1.807, 2.05) is 31.2 Å². The monoisotopic (exact) mass is 379 g/mol. The summed E-state index contributed by atoms with van der Waals surface area (Å²) in [5, 5.41) is 6.32. The minimum Gasteiger partial charge on any atom is -0.323 e. The van der Waals surface area contributed by atoms with E-state index in [1.54, 1.807) is 4.90 Å². The van der Waals surface area contributed by atoms with Gasteiger partial charge in [-0.1, -0.05) is 57.2 Å². The minimum atomic E-state index is -0.419. The topological polar surface area (TPSA) is 61.4 Å². The Morgan fingerprint density at radius 3 is 2.43 bits per heavy atom. The predicted molar refractivity (Wildman–Crippen MR) is 113 cm³/mol. The summed E-state index contributed by atoms with van der Waals surface area (Å²) in [5.74, 6) is 0.0487. The highest BCUT2D eigenvalue weighted by molar-refractivity contribution is 6.11. The zero-order valence-electron chi connectivity index (χ0n) is 17.0. The Bertz CT molecular complexity index is 845. The van der Waals surface area contributed by atoms with E-state index < -0.39 is 6.04 Å². The Labute approximate surface area is 167 Å². The summed E-state index contributed by atoms with van der Waals surface area (Å²) < 4.78 is 0. The molecule has 2 aromatic carbocycles. The SMILES string of the molecule is CCc1ccc([C@H](N[C@H](C)C(=O)N2CC(=O)Nc3ccccc32)C(C)C)cc1. The summed E-state index contributed by atoms with van der Waals surface area (Å²) in [5.41, 5.74) is 3.89. The average molecular weight is 380 g/mol. The standard InChI is InChI=1S/C23H29N3O2/c1-5-17-10-12-18(13-11-17)22(15(2)3)24-16(4)23(28)26-14-21(27)25-19-8-6-7-9-20(19)26/h6-13,15-16,22,24H,5,14H2,1-4H3,(H,25,27)/t16-,22-/m1/s1. The van der Waals surface area contributed by atoms with Crippen LogP contribution in [0.5, 0.6) is 0 Å². The molecular weight excluding hydrogens is 350 g/mol. The number of nitrogens with one attached hydrogen (secondary N) is 2. The first-order chi connectivity index (χ1) is 13.4. The van der Waals surface area contributed by atoms with Gasteiger partial charge in [0.15, 0.2) is 0 Å². The summed E-state index contributed by atoms with van der Waals surface area (Å²) in [6.07, 6.45) is 1.01. The van der Waals surface area contributed by atoms with Crippen molar-refractivity contribution in [3.8, 4) is 0 Å². The molecule has 1 heterocycles. The molecule has 2 aromatic rings. The third-order valence-electron chi connectivity index (χ3n) is 5.25. The van der Waals surface area contributed by atoms with Crippen molar-refractivity contribution in [2.75, 3.05) is 16.8 Å². The van der Waals surface area contributed by atoms with E-state index in [2.05, 4.69) is 55.7 Å². The summed E-state index contributed by atoms with van der Waals surface area (Å²) in [6.45, 7) is 8.34. The van der Waals surface area contributed by atoms with Crippen LogP contribution < -0.4 is 15.5 Å². The highest BCUT2D eigenvalue weighted by Crippen LogP contribution is 2.30. The van der Waals surface area contributed by atoms with Crippen molar-refractivity contribution in [3.63, 3.8) is 0 Å². The quantitative estimate of drug-likeness (QED) is 0.800. The first-order valence-corrected chi connectivity index (χ1v) is 9.95. The van der Waals surface area contributed by atoms with Crippen LogP contribution in [0, 0.1) is 5.92 Å². The molecule has 148 valence electrons. The van der Waals surface area contributed by atoms with Crippen molar-refractivity contribution in [1.29, 1.82) is 0 Å². The molecule has 2 atom stereocenters. The lowest BCUT2D eigenvalue weighted by molar-refractivity contribution is -0.123. The van der Waals surface area contributed by atoms with Gasteiger partial charge in [0.2, 0.25) is 11.8 Å². The fraction of sp³-hybridized carbons (Fsp3) is 0.391. The van der Waals surface area contributed by atoms with E-state index in [1.165, 1.54) is 11.1 Å². The van der Waals surface area contributed by atoms with Crippen LogP contribution in [0.3, 0.4) is 0 Å². The van der Waals surface area contributed by atoms with Crippen LogP contribution in [0.4, 0.5) is 11.4 Å². The highest BCUT2D eigenvalue weighted by Gasteiger charge is 2.31. The number of carbonyl (C=O) groups excluding carboxylic acids is 2. The first kappa shape index (κ1) is 20.1. The molecular formula is C23H29N3O2. The van der Waals surface area contributed by atoms with Gasteiger partial charge >= 0.3 is 0 Å². The molecule has 3 rings (SSSR count). The molecule has 0 aliphatic carbocycles. The molecule has 0 radical (unpaired) electrons. The van der Waals surface area contributed by atoms with Crippen LogP contribution in [-0.2, 0) is 16.0 Å². The Hall–Kier alpha value is -2.66. The molecule has 5 nitrogen and oxygen atoms in total. The van der Waals surface area contributed by atoms with Crippen LogP contribution in [0.1, 0.15) is 44.9 Å². The van der Waals surface area contributed by atoms with E-state index in [-0.39, 0.29) is 24.4 Å². The fourth-order valence-corrected chi connectivity index (χ4v) is 3.64. The van der Waals surface area contributed by atoms with Crippen molar-refractivity contribution in [3.05, 3.63) is 59.7 Å². The number of aryl methyl sites for hydroxylation is 1. The molecule has 0 saturated carbocycles. The van der Waals surface area contributed by atoms with E-state index >= 15 is 0 Å². The van der Waals surface area contributed by atoms with Gasteiger partial charge in [-0.2, -0.15) is 0 Å². The second-order valence-corrected chi connectivity index (χ2v) is 7.69. The van der Waals surface area contributed by atoms with Crippen molar-refractivity contribution in [1.82, 2.24) is 5.32 Å². The first-order valence-electron chi connectivity index (χ1n) is 9.95. The molecule has 0 spiro atoms. The van der Waals surface area contributed by atoms with Crippen molar-refractivity contribution >= 4 is 23.2 Å². The van der Waals surface area contributed by atoms with Crippen LogP contribution in [0.15, 0.2) is 48.5 Å². The summed E-state index contributed by atoms with van der Waals surface area (Å²) in [6, 6.07) is 15.6. The number of anilines is 2. The number of hydrogen-bond acceptors (Lipinski definition) is 3. The number of benzene rings is 2. The number of hydrogen-bond donors (Lipinski definition) is 2. The van der Waals surface area contributed by atoms with Gasteiger partial charge in [0, 0.05) is 6.04 Å². The summed E-state index contributed by atoms with van der Waals surface area (Å²) in [7, 11) is 0. The Morgan fingerprint density at radius 1 is 1.11 bits per heavy atom. The van der Waals surface area contributed by atoms with Crippen molar-refractivity contribution in [2.45, 2.75) is 46.2 Å². The molecule has 0 fully saturated rings. The van der Waals surface area contributed by atoms with Gasteiger partial charge in [0.05, 0.1) is 17.4 Å². The Morgan fingerprint density at radius 2 is 1.79 bits per heavy atom. The largest absolute Gasteiger partial charge is 0.323 e. The maximum absolute atomic E-state index is 13.2. The number of nitrogens with zero attached hydrogens (tertiary/aromatic N) is 1. The zero-order valence-corrected chi connectivity index (χ0v) is 17.0. The van der Waals surface area contributed by atoms with Gasteiger partial charge in [-0.3, -0.25) is 19.8 Å². The molecule has 0 unspecified atom stereocenters. The van der Waals surface area contributed by atoms with Gasteiger partial charge in [-0.15, -0.1) is 0 Å². The van der Waals surface area contributed by atoms with Gasteiger partial charge in [-0.05, 0) is 42.5 Å². The number of para-hydroxylation sites is 2. The molecule has 1 aliphatic heterocycles. The zero-order chi connectivity index (χ0) is 20.3. The lowest BCUT2D eigenvalue weighted by Gasteiger charge is -2.33. The van der Waals surface area contributed by atoms with Crippen LogP contribution in [0.25, 0.3) is 0 Å². The molecule has 28 heavy (non-hydrogen) atoms. The van der Waals surface area contributed by atoms with Crippen LogP contribution in [0.2, 0.25) is 0 Å². The van der Waals surface area contributed by atoms with E-state index in [4.69, 9.17) is 0 Å². The lowest BCUT2D eigenvalue weighted by atomic mass is 9.94. The molecule has 2 amide bonds. The molecule has 5 heteroatoms.